The Bertz CT molecular complexity index is 3260. The van der Waals surface area contributed by atoms with Crippen LogP contribution in [0.4, 0.5) is 17.1 Å². The van der Waals surface area contributed by atoms with Crippen LogP contribution in [0.2, 0.25) is 0 Å². The second-order valence-electron chi connectivity index (χ2n) is 16.1. The molecule has 0 N–H and O–H groups in total. The van der Waals surface area contributed by atoms with Crippen LogP contribution in [0.15, 0.2) is 235 Å². The highest BCUT2D eigenvalue weighted by Gasteiger charge is 2.23. The Morgan fingerprint density at radius 2 is 1.00 bits per heavy atom. The lowest BCUT2D eigenvalue weighted by molar-refractivity contribution is 0.635. The van der Waals surface area contributed by atoms with Crippen molar-refractivity contribution in [2.45, 2.75) is 12.8 Å². The van der Waals surface area contributed by atoms with Crippen LogP contribution in [-0.4, -0.2) is 0 Å². The average molecular weight is 782 g/mol. The van der Waals surface area contributed by atoms with Crippen molar-refractivity contribution in [2.24, 2.45) is 5.92 Å². The molecule has 0 saturated heterocycles. The summed E-state index contributed by atoms with van der Waals surface area (Å²) in [5.41, 5.74) is 15.7. The minimum atomic E-state index is 0.396. The SMILES string of the molecule is CC1C=CC=CC1c1ccc(-c2ccc(N(c3ccccc3-c3ccc4c(c3)oc3ccccc34)c3ccccc3-c3cccc4cccc(-c5ccccc5)c34)cc2)cc1. The van der Waals surface area contributed by atoms with E-state index in [-0.39, 0.29) is 0 Å². The topological polar surface area (TPSA) is 16.4 Å². The van der Waals surface area contributed by atoms with Gasteiger partial charge in [0.25, 0.3) is 0 Å². The van der Waals surface area contributed by atoms with E-state index in [9.17, 15) is 0 Å². The number of fused-ring (bicyclic) bond motifs is 4. The molecule has 0 radical (unpaired) electrons. The molecule has 0 amide bonds. The molecule has 0 aliphatic heterocycles. The van der Waals surface area contributed by atoms with Crippen molar-refractivity contribution < 1.29 is 4.42 Å². The van der Waals surface area contributed by atoms with Crippen LogP contribution in [0, 0.1) is 5.92 Å². The van der Waals surface area contributed by atoms with Crippen molar-refractivity contribution >= 4 is 49.8 Å². The number of allylic oxidation sites excluding steroid dienone is 4. The number of hydrogen-bond donors (Lipinski definition) is 0. The van der Waals surface area contributed by atoms with Crippen LogP contribution >= 0.6 is 0 Å². The van der Waals surface area contributed by atoms with Crippen LogP contribution in [0.25, 0.3) is 77.2 Å². The molecule has 9 aromatic carbocycles. The van der Waals surface area contributed by atoms with Gasteiger partial charge in [0, 0.05) is 33.5 Å². The largest absolute Gasteiger partial charge is 0.456 e. The second-order valence-corrected chi connectivity index (χ2v) is 16.1. The van der Waals surface area contributed by atoms with E-state index >= 15 is 0 Å². The van der Waals surface area contributed by atoms with Crippen molar-refractivity contribution in [2.75, 3.05) is 4.90 Å². The maximum Gasteiger partial charge on any atom is 0.136 e. The van der Waals surface area contributed by atoms with Gasteiger partial charge in [0.1, 0.15) is 11.2 Å². The summed E-state index contributed by atoms with van der Waals surface area (Å²) in [6.45, 7) is 2.29. The van der Waals surface area contributed by atoms with Crippen molar-refractivity contribution in [3.63, 3.8) is 0 Å². The lowest BCUT2D eigenvalue weighted by Gasteiger charge is -2.30. The molecule has 61 heavy (non-hydrogen) atoms. The molecule has 1 aromatic heterocycles. The predicted octanol–water partition coefficient (Wildman–Crippen LogP) is 16.7. The lowest BCUT2D eigenvalue weighted by atomic mass is 9.84. The van der Waals surface area contributed by atoms with Gasteiger partial charge in [-0.25, -0.2) is 0 Å². The summed E-state index contributed by atoms with van der Waals surface area (Å²) < 4.78 is 6.43. The van der Waals surface area contributed by atoms with E-state index < -0.39 is 0 Å². The van der Waals surface area contributed by atoms with E-state index in [1.165, 1.54) is 44.2 Å². The maximum absolute atomic E-state index is 6.43. The van der Waals surface area contributed by atoms with E-state index in [1.54, 1.807) is 0 Å². The van der Waals surface area contributed by atoms with Gasteiger partial charge in [0.15, 0.2) is 0 Å². The first-order chi connectivity index (χ1) is 30.2. The summed E-state index contributed by atoms with van der Waals surface area (Å²) in [5.74, 6) is 0.875. The molecule has 0 bridgehead atoms. The van der Waals surface area contributed by atoms with Gasteiger partial charge in [-0.1, -0.05) is 195 Å². The Morgan fingerprint density at radius 1 is 0.410 bits per heavy atom. The maximum atomic E-state index is 6.43. The van der Waals surface area contributed by atoms with Gasteiger partial charge in [-0.3, -0.25) is 0 Å². The number of para-hydroxylation sites is 3. The fraction of sp³-hybridized carbons (Fsp3) is 0.0508. The fourth-order valence-electron chi connectivity index (χ4n) is 9.37. The van der Waals surface area contributed by atoms with Crippen LogP contribution in [0.3, 0.4) is 0 Å². The highest BCUT2D eigenvalue weighted by molar-refractivity contribution is 6.10. The van der Waals surface area contributed by atoms with Crippen molar-refractivity contribution in [3.05, 3.63) is 236 Å². The Labute approximate surface area is 357 Å². The minimum Gasteiger partial charge on any atom is -0.456 e. The normalized spacial score (nSPS) is 14.8. The van der Waals surface area contributed by atoms with Gasteiger partial charge in [-0.05, 0) is 98.1 Å². The molecule has 0 fully saturated rings. The number of anilines is 3. The molecule has 1 heterocycles. The summed E-state index contributed by atoms with van der Waals surface area (Å²) in [5, 5.41) is 4.69. The van der Waals surface area contributed by atoms with Crippen LogP contribution < -0.4 is 4.90 Å². The third-order valence-corrected chi connectivity index (χ3v) is 12.4. The van der Waals surface area contributed by atoms with Gasteiger partial charge in [0.2, 0.25) is 0 Å². The molecule has 10 aromatic rings. The fourth-order valence-corrected chi connectivity index (χ4v) is 9.37. The summed E-state index contributed by atoms with van der Waals surface area (Å²) in [4.78, 5) is 2.44. The summed E-state index contributed by atoms with van der Waals surface area (Å²) >= 11 is 0. The smallest absolute Gasteiger partial charge is 0.136 e. The first-order valence-electron chi connectivity index (χ1n) is 21.2. The third kappa shape index (κ3) is 6.63. The summed E-state index contributed by atoms with van der Waals surface area (Å²) in [6.07, 6.45) is 8.92. The Kier molecular flexibility index (Phi) is 9.24. The molecule has 1 aliphatic carbocycles. The highest BCUT2D eigenvalue weighted by Crippen LogP contribution is 2.48. The van der Waals surface area contributed by atoms with Crippen molar-refractivity contribution in [1.82, 2.24) is 0 Å². The molecule has 1 aliphatic rings. The molecule has 2 nitrogen and oxygen atoms in total. The minimum absolute atomic E-state index is 0.396. The van der Waals surface area contributed by atoms with E-state index in [1.807, 2.05) is 12.1 Å². The van der Waals surface area contributed by atoms with Gasteiger partial charge < -0.3 is 9.32 Å². The molecule has 2 heteroatoms. The van der Waals surface area contributed by atoms with E-state index in [0.717, 1.165) is 55.7 Å². The van der Waals surface area contributed by atoms with E-state index in [4.69, 9.17) is 4.42 Å². The van der Waals surface area contributed by atoms with E-state index in [0.29, 0.717) is 11.8 Å². The van der Waals surface area contributed by atoms with Gasteiger partial charge in [-0.2, -0.15) is 0 Å². The molecule has 0 spiro atoms. The molecule has 290 valence electrons. The Balaban J connectivity index is 1.08. The van der Waals surface area contributed by atoms with Crippen molar-refractivity contribution in [1.29, 1.82) is 0 Å². The second kappa shape index (κ2) is 15.5. The zero-order valence-corrected chi connectivity index (χ0v) is 33.9. The number of furan rings is 1. The number of nitrogens with zero attached hydrogens (tertiary/aromatic N) is 1. The Morgan fingerprint density at radius 3 is 1.77 bits per heavy atom. The first-order valence-corrected chi connectivity index (χ1v) is 21.2. The summed E-state index contributed by atoms with van der Waals surface area (Å²) in [7, 11) is 0. The molecular weight excluding hydrogens is 739 g/mol. The van der Waals surface area contributed by atoms with Crippen LogP contribution in [0.5, 0.6) is 0 Å². The first kappa shape index (κ1) is 36.4. The Hall–Kier alpha value is -7.68. The number of benzene rings is 9. The number of hydrogen-bond acceptors (Lipinski definition) is 2. The molecule has 2 unspecified atom stereocenters. The monoisotopic (exact) mass is 781 g/mol. The third-order valence-electron chi connectivity index (χ3n) is 12.4. The van der Waals surface area contributed by atoms with Crippen LogP contribution in [-0.2, 0) is 0 Å². The zero-order valence-electron chi connectivity index (χ0n) is 33.9. The molecule has 2 atom stereocenters. The molecule has 11 rings (SSSR count). The molecular formula is C59H43NO. The van der Waals surface area contributed by atoms with Crippen LogP contribution in [0.1, 0.15) is 18.4 Å². The summed E-state index contributed by atoms with van der Waals surface area (Å²) in [6, 6.07) is 74.8. The number of rotatable bonds is 8. The standard InChI is InChI=1S/C59H43NO/c1-40-15-5-6-20-48(40)44-31-29-41(30-32-44)42-33-36-47(37-34-42)60(55-26-10-7-21-49(55)46-35-38-53-52-23-9-12-28-57(52)61-58(53)39-46)56-27-11-8-22-51(56)54-25-14-19-45-18-13-24-50(59(45)54)43-16-3-2-4-17-43/h2-40,48H,1H3. The van der Waals surface area contributed by atoms with E-state index in [2.05, 4.69) is 230 Å². The zero-order chi connectivity index (χ0) is 40.7. The van der Waals surface area contributed by atoms with Gasteiger partial charge >= 0.3 is 0 Å². The highest BCUT2D eigenvalue weighted by atomic mass is 16.3. The quantitative estimate of drug-likeness (QED) is 0.153. The van der Waals surface area contributed by atoms with Gasteiger partial charge in [0.05, 0.1) is 11.4 Å². The van der Waals surface area contributed by atoms with Gasteiger partial charge in [-0.15, -0.1) is 0 Å². The molecule has 0 saturated carbocycles. The van der Waals surface area contributed by atoms with Crippen molar-refractivity contribution in [3.8, 4) is 44.5 Å². The lowest BCUT2D eigenvalue weighted by Crippen LogP contribution is -2.12. The predicted molar refractivity (Wildman–Crippen MR) is 258 cm³/mol. The average Bonchev–Trinajstić information content (AvgIpc) is 3.70.